The molecular formula is C16H24N2O3. The first kappa shape index (κ1) is 17.0. The molecule has 0 bridgehead atoms. The van der Waals surface area contributed by atoms with Gasteiger partial charge in [0.1, 0.15) is 6.04 Å². The van der Waals surface area contributed by atoms with Gasteiger partial charge < -0.3 is 15.3 Å². The van der Waals surface area contributed by atoms with Crippen LogP contribution in [0.5, 0.6) is 0 Å². The Morgan fingerprint density at radius 1 is 1.29 bits per heavy atom. The molecule has 5 nitrogen and oxygen atoms in total. The summed E-state index contributed by atoms with van der Waals surface area (Å²) < 4.78 is 0. The first-order valence-corrected chi connectivity index (χ1v) is 7.15. The van der Waals surface area contributed by atoms with Gasteiger partial charge in [-0.1, -0.05) is 50.1 Å². The van der Waals surface area contributed by atoms with Gasteiger partial charge in [0.25, 0.3) is 0 Å². The van der Waals surface area contributed by atoms with Crippen LogP contribution in [0.15, 0.2) is 24.3 Å². The molecule has 0 aliphatic carbocycles. The molecule has 0 aliphatic rings. The molecule has 0 fully saturated rings. The zero-order chi connectivity index (χ0) is 16.0. The van der Waals surface area contributed by atoms with Crippen molar-refractivity contribution in [3.63, 3.8) is 0 Å². The second-order valence-electron chi connectivity index (χ2n) is 5.49. The number of carbonyl (C=O) groups is 2. The molecule has 0 unspecified atom stereocenters. The molecule has 0 aliphatic heterocycles. The van der Waals surface area contributed by atoms with Gasteiger partial charge in [-0.15, -0.1) is 0 Å². The van der Waals surface area contributed by atoms with Gasteiger partial charge in [0, 0.05) is 13.6 Å². The lowest BCUT2D eigenvalue weighted by molar-refractivity contribution is -0.140. The van der Waals surface area contributed by atoms with Gasteiger partial charge in [-0.05, 0) is 18.4 Å². The first-order valence-electron chi connectivity index (χ1n) is 7.15. The molecule has 0 saturated carbocycles. The highest BCUT2D eigenvalue weighted by Gasteiger charge is 2.26. The third kappa shape index (κ3) is 5.10. The van der Waals surface area contributed by atoms with E-state index in [9.17, 15) is 14.7 Å². The maximum atomic E-state index is 12.1. The van der Waals surface area contributed by atoms with E-state index in [1.807, 2.05) is 45.0 Å². The Morgan fingerprint density at radius 3 is 2.33 bits per heavy atom. The summed E-state index contributed by atoms with van der Waals surface area (Å²) in [6, 6.07) is 6.66. The number of urea groups is 1. The minimum absolute atomic E-state index is 0.112. The third-order valence-electron chi connectivity index (χ3n) is 3.65. The predicted octanol–water partition coefficient (Wildman–Crippen LogP) is 2.64. The van der Waals surface area contributed by atoms with E-state index in [1.165, 1.54) is 4.90 Å². The van der Waals surface area contributed by atoms with Crippen molar-refractivity contribution in [3.05, 3.63) is 35.4 Å². The highest BCUT2D eigenvalue weighted by atomic mass is 16.4. The second kappa shape index (κ2) is 7.67. The van der Waals surface area contributed by atoms with Crippen LogP contribution in [0.3, 0.4) is 0 Å². The summed E-state index contributed by atoms with van der Waals surface area (Å²) in [7, 11) is 1.66. The van der Waals surface area contributed by atoms with Crippen LogP contribution in [-0.2, 0) is 11.3 Å². The van der Waals surface area contributed by atoms with E-state index in [1.54, 1.807) is 7.05 Å². The van der Waals surface area contributed by atoms with Gasteiger partial charge in [0.15, 0.2) is 0 Å². The molecule has 0 heterocycles. The largest absolute Gasteiger partial charge is 0.480 e. The Kier molecular flexibility index (Phi) is 6.21. The van der Waals surface area contributed by atoms with Crippen LogP contribution < -0.4 is 5.32 Å². The molecule has 0 spiro atoms. The van der Waals surface area contributed by atoms with Crippen molar-refractivity contribution in [3.8, 4) is 0 Å². The van der Waals surface area contributed by atoms with Crippen molar-refractivity contribution in [2.45, 2.75) is 39.8 Å². The Bertz CT molecular complexity index is 485. The topological polar surface area (TPSA) is 69.6 Å². The van der Waals surface area contributed by atoms with Crippen LogP contribution in [-0.4, -0.2) is 35.1 Å². The first-order chi connectivity index (χ1) is 9.85. The number of hydrogen-bond acceptors (Lipinski definition) is 2. The highest BCUT2D eigenvalue weighted by molar-refractivity contribution is 5.82. The van der Waals surface area contributed by atoms with Crippen LogP contribution in [0.1, 0.15) is 31.4 Å². The maximum absolute atomic E-state index is 12.1. The summed E-state index contributed by atoms with van der Waals surface area (Å²) in [6.07, 6.45) is 0.693. The molecule has 116 valence electrons. The van der Waals surface area contributed by atoms with E-state index in [0.29, 0.717) is 13.0 Å². The molecule has 2 N–H and O–H groups in total. The van der Waals surface area contributed by atoms with Gasteiger partial charge in [0.2, 0.25) is 0 Å². The van der Waals surface area contributed by atoms with Crippen molar-refractivity contribution in [2.24, 2.45) is 5.92 Å². The van der Waals surface area contributed by atoms with Gasteiger partial charge in [-0.2, -0.15) is 0 Å². The Labute approximate surface area is 126 Å². The van der Waals surface area contributed by atoms with Crippen LogP contribution in [0, 0.1) is 12.8 Å². The van der Waals surface area contributed by atoms with E-state index in [0.717, 1.165) is 11.1 Å². The number of hydrogen-bond donors (Lipinski definition) is 2. The zero-order valence-electron chi connectivity index (χ0n) is 13.1. The fraction of sp³-hybridized carbons (Fsp3) is 0.500. The molecule has 0 aromatic heterocycles. The smallest absolute Gasteiger partial charge is 0.326 e. The van der Waals surface area contributed by atoms with Crippen LogP contribution >= 0.6 is 0 Å². The fourth-order valence-electron chi connectivity index (χ4n) is 1.97. The fourth-order valence-corrected chi connectivity index (χ4v) is 1.97. The number of aliphatic carboxylic acids is 1. The number of amides is 2. The average molecular weight is 292 g/mol. The molecule has 0 saturated heterocycles. The summed E-state index contributed by atoms with van der Waals surface area (Å²) in [5.41, 5.74) is 2.17. The summed E-state index contributed by atoms with van der Waals surface area (Å²) in [5.74, 6) is -1.11. The summed E-state index contributed by atoms with van der Waals surface area (Å²) in [5, 5.41) is 11.8. The number of carboxylic acid groups (broad SMARTS) is 1. The number of benzene rings is 1. The summed E-state index contributed by atoms with van der Waals surface area (Å²) in [6.45, 7) is 6.17. The Balaban J connectivity index is 2.64. The Morgan fingerprint density at radius 2 is 1.86 bits per heavy atom. The van der Waals surface area contributed by atoms with E-state index >= 15 is 0 Å². The van der Waals surface area contributed by atoms with E-state index in [2.05, 4.69) is 5.32 Å². The van der Waals surface area contributed by atoms with Crippen molar-refractivity contribution < 1.29 is 14.7 Å². The minimum Gasteiger partial charge on any atom is -0.480 e. The van der Waals surface area contributed by atoms with Crippen molar-refractivity contribution >= 4 is 12.0 Å². The molecule has 1 aromatic rings. The van der Waals surface area contributed by atoms with Gasteiger partial charge in [-0.25, -0.2) is 9.59 Å². The zero-order valence-corrected chi connectivity index (χ0v) is 13.1. The number of nitrogens with zero attached hydrogens (tertiary/aromatic N) is 1. The van der Waals surface area contributed by atoms with Crippen LogP contribution in [0.2, 0.25) is 0 Å². The monoisotopic (exact) mass is 292 g/mol. The second-order valence-corrected chi connectivity index (χ2v) is 5.49. The lowest BCUT2D eigenvalue weighted by Gasteiger charge is -2.24. The molecule has 2 amide bonds. The van der Waals surface area contributed by atoms with E-state index in [-0.39, 0.29) is 11.9 Å². The van der Waals surface area contributed by atoms with Crippen molar-refractivity contribution in [2.75, 3.05) is 7.05 Å². The lowest BCUT2D eigenvalue weighted by atomic mass is 9.99. The van der Waals surface area contributed by atoms with E-state index < -0.39 is 12.0 Å². The van der Waals surface area contributed by atoms with Crippen molar-refractivity contribution in [1.29, 1.82) is 0 Å². The number of nitrogens with one attached hydrogen (secondary N) is 1. The number of aryl methyl sites for hydroxylation is 1. The van der Waals surface area contributed by atoms with Gasteiger partial charge >= 0.3 is 12.0 Å². The number of rotatable bonds is 6. The molecule has 0 radical (unpaired) electrons. The molecule has 21 heavy (non-hydrogen) atoms. The predicted molar refractivity (Wildman–Crippen MR) is 82.1 cm³/mol. The summed E-state index contributed by atoms with van der Waals surface area (Å²) >= 11 is 0. The molecule has 1 aromatic carbocycles. The number of carboxylic acids is 1. The minimum atomic E-state index is -0.999. The lowest BCUT2D eigenvalue weighted by Crippen LogP contribution is -2.49. The van der Waals surface area contributed by atoms with Gasteiger partial charge in [0.05, 0.1) is 0 Å². The van der Waals surface area contributed by atoms with Crippen molar-refractivity contribution in [1.82, 2.24) is 10.2 Å². The Hall–Kier alpha value is -2.04. The standard InChI is InChI=1S/C16H24N2O3/c1-5-12(3)14(15(19)20)17-16(21)18(4)10-13-8-6-11(2)7-9-13/h6-9,12,14H,5,10H2,1-4H3,(H,17,21)(H,19,20)/t12-,14-/m0/s1. The third-order valence-corrected chi connectivity index (χ3v) is 3.65. The molecule has 2 atom stereocenters. The SMILES string of the molecule is CC[C@H](C)[C@H](NC(=O)N(C)Cc1ccc(C)cc1)C(=O)O. The molecular weight excluding hydrogens is 268 g/mol. The van der Waals surface area contributed by atoms with Crippen LogP contribution in [0.4, 0.5) is 4.79 Å². The quantitative estimate of drug-likeness (QED) is 0.847. The summed E-state index contributed by atoms with van der Waals surface area (Å²) in [4.78, 5) is 24.8. The average Bonchev–Trinajstić information content (AvgIpc) is 2.45. The van der Waals surface area contributed by atoms with Gasteiger partial charge in [-0.3, -0.25) is 0 Å². The number of carbonyl (C=O) groups excluding carboxylic acids is 1. The molecule has 1 rings (SSSR count). The van der Waals surface area contributed by atoms with Crippen LogP contribution in [0.25, 0.3) is 0 Å². The molecule has 5 heteroatoms. The van der Waals surface area contributed by atoms with E-state index in [4.69, 9.17) is 0 Å². The maximum Gasteiger partial charge on any atom is 0.326 e. The highest BCUT2D eigenvalue weighted by Crippen LogP contribution is 2.10. The normalized spacial score (nSPS) is 13.3.